The van der Waals surface area contributed by atoms with Gasteiger partial charge in [0.15, 0.2) is 6.61 Å². The number of nitrogens with one attached hydrogen (secondary N) is 1. The van der Waals surface area contributed by atoms with Crippen LogP contribution in [0.3, 0.4) is 0 Å². The number of halogens is 2. The summed E-state index contributed by atoms with van der Waals surface area (Å²) in [6.07, 6.45) is 2.30. The van der Waals surface area contributed by atoms with E-state index in [0.717, 1.165) is 5.56 Å². The van der Waals surface area contributed by atoms with Crippen molar-refractivity contribution in [2.75, 3.05) is 6.61 Å². The molecule has 114 valence electrons. The predicted octanol–water partition coefficient (Wildman–Crippen LogP) is 3.83. The minimum absolute atomic E-state index is 0.122. The summed E-state index contributed by atoms with van der Waals surface area (Å²) in [5.74, 6) is 0.221. The highest BCUT2D eigenvalue weighted by molar-refractivity contribution is 9.10. The minimum Gasteiger partial charge on any atom is -0.483 e. The zero-order valence-electron chi connectivity index (χ0n) is 11.6. The second-order valence-electron chi connectivity index (χ2n) is 4.40. The standard InChI is InChI=1S/C16H14BrClN2O2/c17-14-10-13(18)6-7-15(14)22-11-16(21)20-19-9-8-12-4-2-1-3-5-12/h1-7,9-10H,8,11H2,(H,20,21). The summed E-state index contributed by atoms with van der Waals surface area (Å²) in [4.78, 5) is 11.6. The molecule has 1 amide bonds. The lowest BCUT2D eigenvalue weighted by molar-refractivity contribution is -0.123. The van der Waals surface area contributed by atoms with Gasteiger partial charge in [0.1, 0.15) is 5.75 Å². The van der Waals surface area contributed by atoms with Gasteiger partial charge in [-0.3, -0.25) is 4.79 Å². The fourth-order valence-electron chi connectivity index (χ4n) is 1.65. The van der Waals surface area contributed by atoms with Crippen LogP contribution >= 0.6 is 27.5 Å². The van der Waals surface area contributed by atoms with Crippen molar-refractivity contribution in [3.05, 3.63) is 63.6 Å². The van der Waals surface area contributed by atoms with E-state index in [0.29, 0.717) is 21.7 Å². The molecular weight excluding hydrogens is 368 g/mol. The van der Waals surface area contributed by atoms with Crippen LogP contribution in [0.2, 0.25) is 5.02 Å². The summed E-state index contributed by atoms with van der Waals surface area (Å²) in [5, 5.41) is 4.47. The number of amides is 1. The van der Waals surface area contributed by atoms with Gasteiger partial charge in [-0.15, -0.1) is 0 Å². The smallest absolute Gasteiger partial charge is 0.277 e. The average Bonchev–Trinajstić information content (AvgIpc) is 2.52. The second kappa shape index (κ2) is 8.56. The maximum absolute atomic E-state index is 11.6. The number of hydrazone groups is 1. The van der Waals surface area contributed by atoms with Crippen molar-refractivity contribution in [3.63, 3.8) is 0 Å². The van der Waals surface area contributed by atoms with Crippen LogP contribution < -0.4 is 10.2 Å². The van der Waals surface area contributed by atoms with Crippen molar-refractivity contribution in [2.24, 2.45) is 5.10 Å². The van der Waals surface area contributed by atoms with Crippen molar-refractivity contribution in [2.45, 2.75) is 6.42 Å². The van der Waals surface area contributed by atoms with Crippen LogP contribution in [0, 0.1) is 0 Å². The molecule has 0 atom stereocenters. The van der Waals surface area contributed by atoms with E-state index in [2.05, 4.69) is 26.5 Å². The van der Waals surface area contributed by atoms with E-state index >= 15 is 0 Å². The normalized spacial score (nSPS) is 10.6. The Kier molecular flexibility index (Phi) is 6.43. The Hall–Kier alpha value is -1.85. The Balaban J connectivity index is 1.74. The third kappa shape index (κ3) is 5.50. The number of nitrogens with zero attached hydrogens (tertiary/aromatic N) is 1. The molecule has 2 aromatic rings. The molecule has 0 heterocycles. The molecular formula is C16H14BrClN2O2. The quantitative estimate of drug-likeness (QED) is 0.611. The number of benzene rings is 2. The molecule has 0 aromatic heterocycles. The van der Waals surface area contributed by atoms with Crippen molar-refractivity contribution < 1.29 is 9.53 Å². The predicted molar refractivity (Wildman–Crippen MR) is 91.4 cm³/mol. The maximum Gasteiger partial charge on any atom is 0.277 e. The molecule has 2 aromatic carbocycles. The van der Waals surface area contributed by atoms with Crippen molar-refractivity contribution in [1.29, 1.82) is 0 Å². The Morgan fingerprint density at radius 3 is 2.77 bits per heavy atom. The van der Waals surface area contributed by atoms with Gasteiger partial charge in [0, 0.05) is 17.7 Å². The van der Waals surface area contributed by atoms with Gasteiger partial charge >= 0.3 is 0 Å². The molecule has 1 N–H and O–H groups in total. The van der Waals surface area contributed by atoms with E-state index in [4.69, 9.17) is 16.3 Å². The Bertz CT molecular complexity index is 662. The highest BCUT2D eigenvalue weighted by Crippen LogP contribution is 2.27. The monoisotopic (exact) mass is 380 g/mol. The zero-order valence-corrected chi connectivity index (χ0v) is 14.0. The fourth-order valence-corrected chi connectivity index (χ4v) is 2.45. The van der Waals surface area contributed by atoms with Crippen molar-refractivity contribution in [3.8, 4) is 5.75 Å². The molecule has 0 spiro atoms. The molecule has 4 nitrogen and oxygen atoms in total. The Labute approximate surface area is 142 Å². The number of carbonyl (C=O) groups is 1. The lowest BCUT2D eigenvalue weighted by atomic mass is 10.2. The number of hydrogen-bond donors (Lipinski definition) is 1. The summed E-state index contributed by atoms with van der Waals surface area (Å²) in [5.41, 5.74) is 3.54. The third-order valence-electron chi connectivity index (χ3n) is 2.70. The first-order valence-corrected chi connectivity index (χ1v) is 7.74. The van der Waals surface area contributed by atoms with Crippen LogP contribution in [0.15, 0.2) is 58.1 Å². The topological polar surface area (TPSA) is 50.7 Å². The van der Waals surface area contributed by atoms with Crippen LogP contribution in [0.1, 0.15) is 5.56 Å². The van der Waals surface area contributed by atoms with Crippen LogP contribution in [-0.2, 0) is 11.2 Å². The van der Waals surface area contributed by atoms with Gasteiger partial charge < -0.3 is 4.74 Å². The molecule has 2 rings (SSSR count). The van der Waals surface area contributed by atoms with Gasteiger partial charge in [0.05, 0.1) is 4.47 Å². The van der Waals surface area contributed by atoms with Crippen LogP contribution in [0.4, 0.5) is 0 Å². The van der Waals surface area contributed by atoms with Crippen LogP contribution in [-0.4, -0.2) is 18.7 Å². The number of rotatable bonds is 6. The lowest BCUT2D eigenvalue weighted by Gasteiger charge is -2.07. The summed E-state index contributed by atoms with van der Waals surface area (Å²) >= 11 is 9.15. The van der Waals surface area contributed by atoms with E-state index < -0.39 is 0 Å². The summed E-state index contributed by atoms with van der Waals surface area (Å²) in [6, 6.07) is 14.9. The maximum atomic E-state index is 11.6. The first kappa shape index (κ1) is 16.5. The molecule has 0 saturated carbocycles. The van der Waals surface area contributed by atoms with E-state index in [9.17, 15) is 4.79 Å². The second-order valence-corrected chi connectivity index (χ2v) is 5.69. The fraction of sp³-hybridized carbons (Fsp3) is 0.125. The molecule has 6 heteroatoms. The number of hydrogen-bond acceptors (Lipinski definition) is 3. The van der Waals surface area contributed by atoms with Gasteiger partial charge in [-0.1, -0.05) is 41.9 Å². The summed E-state index contributed by atoms with van der Waals surface area (Å²) < 4.78 is 6.07. The third-order valence-corrected chi connectivity index (χ3v) is 3.56. The van der Waals surface area contributed by atoms with E-state index in [1.165, 1.54) is 0 Å². The Morgan fingerprint density at radius 1 is 1.27 bits per heavy atom. The molecule has 0 aliphatic heterocycles. The highest BCUT2D eigenvalue weighted by atomic mass is 79.9. The SMILES string of the molecule is O=C(COc1ccc(Cl)cc1Br)NN=CCc1ccccc1. The first-order chi connectivity index (χ1) is 10.6. The zero-order chi connectivity index (χ0) is 15.8. The molecule has 0 fully saturated rings. The molecule has 0 unspecified atom stereocenters. The molecule has 0 aliphatic carbocycles. The molecule has 0 bridgehead atoms. The van der Waals surface area contributed by atoms with Crippen molar-refractivity contribution >= 4 is 39.7 Å². The lowest BCUT2D eigenvalue weighted by Crippen LogP contribution is -2.24. The van der Waals surface area contributed by atoms with E-state index in [1.807, 2.05) is 30.3 Å². The highest BCUT2D eigenvalue weighted by Gasteiger charge is 2.05. The van der Waals surface area contributed by atoms with Gasteiger partial charge in [-0.25, -0.2) is 5.43 Å². The molecule has 0 radical (unpaired) electrons. The van der Waals surface area contributed by atoms with E-state index in [-0.39, 0.29) is 12.5 Å². The average molecular weight is 382 g/mol. The van der Waals surface area contributed by atoms with Gasteiger partial charge in [-0.05, 0) is 39.7 Å². The van der Waals surface area contributed by atoms with Crippen LogP contribution in [0.25, 0.3) is 0 Å². The summed E-state index contributed by atoms with van der Waals surface area (Å²) in [6.45, 7) is -0.122. The molecule has 0 aliphatic rings. The largest absolute Gasteiger partial charge is 0.483 e. The summed E-state index contributed by atoms with van der Waals surface area (Å²) in [7, 11) is 0. The van der Waals surface area contributed by atoms with Gasteiger partial charge in [0.2, 0.25) is 0 Å². The van der Waals surface area contributed by atoms with Gasteiger partial charge in [0.25, 0.3) is 5.91 Å². The molecule has 0 saturated heterocycles. The first-order valence-electron chi connectivity index (χ1n) is 6.57. The van der Waals surface area contributed by atoms with Crippen LogP contribution in [0.5, 0.6) is 5.75 Å². The van der Waals surface area contributed by atoms with E-state index in [1.54, 1.807) is 24.4 Å². The Morgan fingerprint density at radius 2 is 2.05 bits per heavy atom. The van der Waals surface area contributed by atoms with Crippen molar-refractivity contribution in [1.82, 2.24) is 5.43 Å². The minimum atomic E-state index is -0.328. The molecule has 22 heavy (non-hydrogen) atoms. The number of carbonyl (C=O) groups excluding carboxylic acids is 1. The van der Waals surface area contributed by atoms with Gasteiger partial charge in [-0.2, -0.15) is 5.10 Å². The number of ether oxygens (including phenoxy) is 1.